The zero-order chi connectivity index (χ0) is 26.6. The second-order valence-corrected chi connectivity index (χ2v) is 11.8. The molecule has 1 atom stereocenters. The Morgan fingerprint density at radius 3 is 2.59 bits per heavy atom. The number of fused-ring (bicyclic) bond motifs is 1. The zero-order valence-electron chi connectivity index (χ0n) is 23.2. The molecular formula is C33H42ClNO2. The lowest BCUT2D eigenvalue weighted by Crippen LogP contribution is -2.24. The predicted molar refractivity (Wildman–Crippen MR) is 157 cm³/mol. The highest BCUT2D eigenvalue weighted by atomic mass is 35.5. The first-order valence-electron chi connectivity index (χ1n) is 13.8. The Hall–Kier alpha value is -2.36. The summed E-state index contributed by atoms with van der Waals surface area (Å²) < 4.78 is 7.73. The number of rotatable bonds is 13. The van der Waals surface area contributed by atoms with Gasteiger partial charge >= 0.3 is 0 Å². The van der Waals surface area contributed by atoms with Crippen LogP contribution in [0.5, 0.6) is 0 Å². The third-order valence-corrected chi connectivity index (χ3v) is 8.66. The highest BCUT2D eigenvalue weighted by Gasteiger charge is 2.43. The van der Waals surface area contributed by atoms with Crippen molar-refractivity contribution < 1.29 is 9.53 Å². The number of carbonyl (C=O) groups is 1. The number of aromatic nitrogens is 1. The number of allylic oxidation sites excluding steroid dienone is 2. The molecule has 198 valence electrons. The van der Waals surface area contributed by atoms with E-state index >= 15 is 0 Å². The van der Waals surface area contributed by atoms with E-state index in [2.05, 4.69) is 68.8 Å². The number of ether oxygens (including phenoxy) is 1. The number of Topliss-reactive ketones (excluding diaryl/α,β-unsaturated/α-hetero) is 1. The minimum absolute atomic E-state index is 0.0376. The standard InChI is InChI=1S/C33H42ClNO2/c1-6-16-32(4,29-12-9-8-11-26(29)24(3)7-2)17-10-13-31(36)28-21-35(22-33(18-19-33)23-37-5)30-20-25(34)14-15-27(28)30/h7-9,11-12,14-15,20-21H,6,10,13,16-19,22-23H2,1-5H3/b24-7+. The van der Waals surface area contributed by atoms with E-state index in [9.17, 15) is 4.79 Å². The van der Waals surface area contributed by atoms with E-state index in [0.717, 1.165) is 68.1 Å². The molecule has 0 radical (unpaired) electrons. The average molecular weight is 520 g/mol. The molecule has 0 spiro atoms. The fourth-order valence-corrected chi connectivity index (χ4v) is 6.21. The van der Waals surface area contributed by atoms with Crippen molar-refractivity contribution in [2.45, 2.75) is 84.6 Å². The van der Waals surface area contributed by atoms with E-state index in [4.69, 9.17) is 16.3 Å². The van der Waals surface area contributed by atoms with Crippen LogP contribution in [0, 0.1) is 5.41 Å². The monoisotopic (exact) mass is 519 g/mol. The number of hydrogen-bond acceptors (Lipinski definition) is 2. The van der Waals surface area contributed by atoms with Crippen LogP contribution in [-0.4, -0.2) is 24.1 Å². The Morgan fingerprint density at radius 1 is 1.16 bits per heavy atom. The Balaban J connectivity index is 1.54. The highest BCUT2D eigenvalue weighted by molar-refractivity contribution is 6.31. The van der Waals surface area contributed by atoms with Crippen LogP contribution in [-0.2, 0) is 16.7 Å². The summed E-state index contributed by atoms with van der Waals surface area (Å²) in [4.78, 5) is 13.6. The van der Waals surface area contributed by atoms with E-state index in [1.807, 2.05) is 18.2 Å². The number of hydrogen-bond donors (Lipinski definition) is 0. The Bertz CT molecular complexity index is 1280. The molecule has 1 unspecified atom stereocenters. The fraction of sp³-hybridized carbons (Fsp3) is 0.485. The topological polar surface area (TPSA) is 31.2 Å². The largest absolute Gasteiger partial charge is 0.384 e. The van der Waals surface area contributed by atoms with Crippen molar-refractivity contribution in [1.82, 2.24) is 4.57 Å². The molecular weight excluding hydrogens is 478 g/mol. The van der Waals surface area contributed by atoms with Gasteiger partial charge in [0.05, 0.1) is 12.1 Å². The van der Waals surface area contributed by atoms with Crippen LogP contribution < -0.4 is 0 Å². The normalized spacial score (nSPS) is 16.6. The second-order valence-electron chi connectivity index (χ2n) is 11.4. The first-order chi connectivity index (χ1) is 17.8. The quantitative estimate of drug-likeness (QED) is 0.211. The average Bonchev–Trinajstić information content (AvgIpc) is 3.56. The van der Waals surface area contributed by atoms with Crippen molar-refractivity contribution in [2.24, 2.45) is 5.41 Å². The van der Waals surface area contributed by atoms with Crippen LogP contribution in [0.25, 0.3) is 16.5 Å². The molecule has 1 fully saturated rings. The van der Waals surface area contributed by atoms with Crippen molar-refractivity contribution in [3.63, 3.8) is 0 Å². The van der Waals surface area contributed by atoms with Crippen molar-refractivity contribution >= 4 is 33.9 Å². The van der Waals surface area contributed by atoms with Gasteiger partial charge in [-0.2, -0.15) is 0 Å². The molecule has 0 bridgehead atoms. The summed E-state index contributed by atoms with van der Waals surface area (Å²) in [6, 6.07) is 14.7. The van der Waals surface area contributed by atoms with Crippen LogP contribution in [0.2, 0.25) is 5.02 Å². The van der Waals surface area contributed by atoms with Gasteiger partial charge in [0.2, 0.25) is 0 Å². The van der Waals surface area contributed by atoms with Gasteiger partial charge in [0, 0.05) is 47.7 Å². The molecule has 0 amide bonds. The smallest absolute Gasteiger partial charge is 0.165 e. The van der Waals surface area contributed by atoms with Crippen LogP contribution >= 0.6 is 11.6 Å². The summed E-state index contributed by atoms with van der Waals surface area (Å²) in [5.74, 6) is 0.222. The van der Waals surface area contributed by atoms with E-state index in [1.54, 1.807) is 7.11 Å². The Kier molecular flexibility index (Phi) is 8.66. The number of nitrogens with zero attached hydrogens (tertiary/aromatic N) is 1. The van der Waals surface area contributed by atoms with Crippen LogP contribution in [0.1, 0.15) is 94.1 Å². The molecule has 0 N–H and O–H groups in total. The third-order valence-electron chi connectivity index (χ3n) is 8.43. The lowest BCUT2D eigenvalue weighted by molar-refractivity contribution is 0.0977. The fourth-order valence-electron chi connectivity index (χ4n) is 6.04. The van der Waals surface area contributed by atoms with Gasteiger partial charge in [0.25, 0.3) is 0 Å². The van der Waals surface area contributed by atoms with Crippen molar-refractivity contribution in [1.29, 1.82) is 0 Å². The molecule has 0 saturated heterocycles. The van der Waals surface area contributed by atoms with Crippen LogP contribution in [0.15, 0.2) is 54.7 Å². The maximum atomic E-state index is 13.6. The van der Waals surface area contributed by atoms with E-state index in [1.165, 1.54) is 16.7 Å². The van der Waals surface area contributed by atoms with Gasteiger partial charge in [-0.25, -0.2) is 0 Å². The van der Waals surface area contributed by atoms with E-state index < -0.39 is 0 Å². The molecule has 3 nitrogen and oxygen atoms in total. The summed E-state index contributed by atoms with van der Waals surface area (Å²) in [7, 11) is 1.77. The van der Waals surface area contributed by atoms with Gasteiger partial charge in [-0.3, -0.25) is 4.79 Å². The van der Waals surface area contributed by atoms with Crippen LogP contribution in [0.3, 0.4) is 0 Å². The SMILES string of the molecule is C/C=C(\C)c1ccccc1C(C)(CCC)CCCC(=O)c1cn(CC2(COC)CC2)c2cc(Cl)ccc12. The number of ketones is 1. The molecule has 3 aromatic rings. The molecule has 4 heteroatoms. The summed E-state index contributed by atoms with van der Waals surface area (Å²) >= 11 is 6.37. The van der Waals surface area contributed by atoms with Gasteiger partial charge in [-0.15, -0.1) is 0 Å². The van der Waals surface area contributed by atoms with Gasteiger partial charge in [-0.05, 0) is 80.2 Å². The first-order valence-corrected chi connectivity index (χ1v) is 14.2. The molecule has 1 aliphatic carbocycles. The number of halogens is 1. The van der Waals surface area contributed by atoms with E-state index in [-0.39, 0.29) is 16.6 Å². The predicted octanol–water partition coefficient (Wildman–Crippen LogP) is 9.26. The first kappa shape index (κ1) is 27.7. The molecule has 1 heterocycles. The molecule has 1 aromatic heterocycles. The second kappa shape index (κ2) is 11.6. The maximum absolute atomic E-state index is 13.6. The number of methoxy groups -OCH3 is 1. The Labute approximate surface area is 227 Å². The molecule has 0 aliphatic heterocycles. The van der Waals surface area contributed by atoms with Gasteiger partial charge in [0.15, 0.2) is 5.78 Å². The van der Waals surface area contributed by atoms with Crippen LogP contribution in [0.4, 0.5) is 0 Å². The maximum Gasteiger partial charge on any atom is 0.165 e. The lowest BCUT2D eigenvalue weighted by atomic mass is 9.72. The molecule has 1 aliphatic rings. The Morgan fingerprint density at radius 2 is 1.92 bits per heavy atom. The molecule has 1 saturated carbocycles. The van der Waals surface area contributed by atoms with E-state index in [0.29, 0.717) is 11.4 Å². The summed E-state index contributed by atoms with van der Waals surface area (Å²) in [6.07, 6.45) is 11.2. The molecule has 37 heavy (non-hydrogen) atoms. The molecule has 4 rings (SSSR count). The van der Waals surface area contributed by atoms with Gasteiger partial charge in [-0.1, -0.05) is 68.3 Å². The minimum atomic E-state index is 0.0376. The number of carbonyl (C=O) groups excluding carboxylic acids is 1. The van der Waals surface area contributed by atoms with Crippen molar-refractivity contribution in [2.75, 3.05) is 13.7 Å². The van der Waals surface area contributed by atoms with Crippen molar-refractivity contribution in [3.8, 4) is 0 Å². The minimum Gasteiger partial charge on any atom is -0.384 e. The molecule has 2 aromatic carbocycles. The number of benzene rings is 2. The zero-order valence-corrected chi connectivity index (χ0v) is 24.0. The van der Waals surface area contributed by atoms with Gasteiger partial charge < -0.3 is 9.30 Å². The lowest BCUT2D eigenvalue weighted by Gasteiger charge is -2.32. The summed E-state index contributed by atoms with van der Waals surface area (Å²) in [5, 5.41) is 1.71. The third kappa shape index (κ3) is 6.04. The summed E-state index contributed by atoms with van der Waals surface area (Å²) in [5.41, 5.74) is 6.13. The van der Waals surface area contributed by atoms with Gasteiger partial charge in [0.1, 0.15) is 0 Å². The highest BCUT2D eigenvalue weighted by Crippen LogP contribution is 2.48. The summed E-state index contributed by atoms with van der Waals surface area (Å²) in [6.45, 7) is 10.5. The van der Waals surface area contributed by atoms with Crippen molar-refractivity contribution in [3.05, 3.63) is 76.5 Å².